The van der Waals surface area contributed by atoms with Gasteiger partial charge in [0.2, 0.25) is 0 Å². The molecule has 0 amide bonds. The Morgan fingerprint density at radius 1 is 0.411 bits per heavy atom. The fourth-order valence-electron chi connectivity index (χ4n) is 6.44. The smallest absolute Gasteiger partial charge is 0.336 e. The van der Waals surface area contributed by atoms with E-state index in [1.165, 1.54) is 91.0 Å². The number of aromatic carboxylic acids is 4. The first-order valence-corrected chi connectivity index (χ1v) is 16.3. The lowest BCUT2D eigenvalue weighted by molar-refractivity contribution is 0.0682. The van der Waals surface area contributed by atoms with Gasteiger partial charge in [-0.25, -0.2) is 19.2 Å². The van der Waals surface area contributed by atoms with Crippen LogP contribution < -0.4 is 10.9 Å². The maximum Gasteiger partial charge on any atom is 0.336 e. The number of aromatic hydroxyl groups is 2. The summed E-state index contributed by atoms with van der Waals surface area (Å²) in [7, 11) is 0. The van der Waals surface area contributed by atoms with Crippen LogP contribution in [0.4, 0.5) is 0 Å². The zero-order chi connectivity index (χ0) is 40.0. The van der Waals surface area contributed by atoms with Crippen molar-refractivity contribution < 1.29 is 58.7 Å². The Labute approximate surface area is 312 Å². The highest BCUT2D eigenvalue weighted by atomic mass is 16.4. The summed E-state index contributed by atoms with van der Waals surface area (Å²) in [6.45, 7) is 0. The SMILES string of the molecule is O=C(O)c1ccc(-c2c3ccc(=O)cc-3oc3cc(O)ccc23)c(C(=O)O)c1.O=C(O)c1ccc(C(=O)O)c(-c2c3ccc(=O)cc-3oc3cc(O)ccc23)c1. The number of benzene rings is 6. The molecular formula is C42H24O14. The van der Waals surface area contributed by atoms with Gasteiger partial charge in [-0.05, 0) is 90.0 Å². The molecule has 2 aliphatic carbocycles. The predicted octanol–water partition coefficient (Wildman–Crippen LogP) is 7.33. The lowest BCUT2D eigenvalue weighted by atomic mass is 9.89. The minimum atomic E-state index is -1.29. The summed E-state index contributed by atoms with van der Waals surface area (Å²) in [5, 5.41) is 58.4. The van der Waals surface area contributed by atoms with Crippen molar-refractivity contribution in [2.24, 2.45) is 0 Å². The second-order valence-electron chi connectivity index (χ2n) is 12.4. The van der Waals surface area contributed by atoms with E-state index >= 15 is 0 Å². The van der Waals surface area contributed by atoms with Crippen LogP contribution in [0.15, 0.2) is 128 Å². The first-order chi connectivity index (χ1) is 26.7. The third kappa shape index (κ3) is 6.60. The van der Waals surface area contributed by atoms with Gasteiger partial charge in [0, 0.05) is 57.3 Å². The van der Waals surface area contributed by atoms with E-state index in [0.29, 0.717) is 33.0 Å². The van der Waals surface area contributed by atoms with Crippen LogP contribution in [-0.2, 0) is 0 Å². The van der Waals surface area contributed by atoms with Crippen LogP contribution in [0.2, 0.25) is 0 Å². The normalized spacial score (nSPS) is 11.0. The molecule has 0 fully saturated rings. The van der Waals surface area contributed by atoms with Crippen molar-refractivity contribution in [2.75, 3.05) is 0 Å². The zero-order valence-electron chi connectivity index (χ0n) is 28.3. The molecular weight excluding hydrogens is 728 g/mol. The molecule has 0 spiro atoms. The number of phenolic OH excluding ortho intramolecular Hbond substituents is 2. The van der Waals surface area contributed by atoms with Crippen molar-refractivity contribution in [3.63, 3.8) is 0 Å². The molecule has 0 radical (unpaired) electrons. The van der Waals surface area contributed by atoms with Gasteiger partial charge >= 0.3 is 23.9 Å². The van der Waals surface area contributed by atoms with Crippen molar-refractivity contribution in [3.05, 3.63) is 152 Å². The zero-order valence-corrected chi connectivity index (χ0v) is 28.3. The Bertz CT molecular complexity index is 3010. The van der Waals surface area contributed by atoms with E-state index in [1.54, 1.807) is 12.1 Å². The Hall–Kier alpha value is -8.26. The number of fused-ring (bicyclic) bond motifs is 4. The molecule has 0 saturated carbocycles. The van der Waals surface area contributed by atoms with E-state index in [4.69, 9.17) is 8.83 Å². The number of carboxylic acid groups (broad SMARTS) is 4. The number of hydrogen-bond acceptors (Lipinski definition) is 10. The third-order valence-corrected chi connectivity index (χ3v) is 8.89. The lowest BCUT2D eigenvalue weighted by Crippen LogP contribution is -2.06. The standard InChI is InChI=1S/2C21H12O7/c22-11-2-5-14-17(8-11)28-18-9-12(23)3-6-15(18)19(14)16-7-10(20(24)25)1-4-13(16)21(26)27;22-11-2-5-14-17(8-11)28-18-9-12(23)3-6-15(18)19(14)13-4-1-10(20(24)25)7-16(13)21(26)27/h2*1-9,22H,(H,24,25)(H,26,27). The quantitative estimate of drug-likeness (QED) is 0.0910. The van der Waals surface area contributed by atoms with E-state index in [2.05, 4.69) is 0 Å². The van der Waals surface area contributed by atoms with Gasteiger partial charge in [-0.1, -0.05) is 6.07 Å². The predicted molar refractivity (Wildman–Crippen MR) is 200 cm³/mol. The number of hydrogen-bond donors (Lipinski definition) is 6. The van der Waals surface area contributed by atoms with Crippen molar-refractivity contribution in [1.29, 1.82) is 0 Å². The van der Waals surface area contributed by atoms with Gasteiger partial charge in [-0.2, -0.15) is 0 Å². The van der Waals surface area contributed by atoms with Gasteiger partial charge in [0.05, 0.1) is 22.3 Å². The highest BCUT2D eigenvalue weighted by Crippen LogP contribution is 2.43. The van der Waals surface area contributed by atoms with Gasteiger partial charge < -0.3 is 39.5 Å². The van der Waals surface area contributed by atoms with E-state index < -0.39 is 23.9 Å². The summed E-state index contributed by atoms with van der Waals surface area (Å²) in [5.74, 6) is -4.68. The second-order valence-corrected chi connectivity index (χ2v) is 12.4. The monoisotopic (exact) mass is 752 g/mol. The van der Waals surface area contributed by atoms with Crippen LogP contribution >= 0.6 is 0 Å². The minimum absolute atomic E-state index is 0.0560. The van der Waals surface area contributed by atoms with Gasteiger partial charge in [-0.15, -0.1) is 0 Å². The maximum atomic E-state index is 11.8. The second kappa shape index (κ2) is 13.9. The van der Waals surface area contributed by atoms with E-state index in [9.17, 15) is 59.4 Å². The molecule has 14 heteroatoms. The van der Waals surface area contributed by atoms with Crippen molar-refractivity contribution in [1.82, 2.24) is 0 Å². The Morgan fingerprint density at radius 3 is 1.34 bits per heavy atom. The van der Waals surface area contributed by atoms with Crippen molar-refractivity contribution in [3.8, 4) is 56.4 Å². The van der Waals surface area contributed by atoms with Gasteiger partial charge in [-0.3, -0.25) is 9.59 Å². The molecule has 4 aliphatic rings. The first kappa shape index (κ1) is 36.1. The average molecular weight is 753 g/mol. The van der Waals surface area contributed by atoms with E-state index in [-0.39, 0.29) is 78.4 Å². The molecule has 8 rings (SSSR count). The number of carbonyl (C=O) groups is 4. The van der Waals surface area contributed by atoms with Crippen LogP contribution in [0.25, 0.3) is 66.8 Å². The molecule has 56 heavy (non-hydrogen) atoms. The highest BCUT2D eigenvalue weighted by Gasteiger charge is 2.25. The van der Waals surface area contributed by atoms with Crippen LogP contribution in [0.3, 0.4) is 0 Å². The Morgan fingerprint density at radius 2 is 0.857 bits per heavy atom. The molecule has 0 aromatic heterocycles. The average Bonchev–Trinajstić information content (AvgIpc) is 3.15. The molecule has 4 aromatic carbocycles. The molecule has 2 aliphatic heterocycles. The number of carboxylic acids is 4. The summed E-state index contributed by atoms with van der Waals surface area (Å²) in [5.41, 5.74) is 1.59. The third-order valence-electron chi connectivity index (χ3n) is 8.89. The molecule has 0 saturated heterocycles. The summed E-state index contributed by atoms with van der Waals surface area (Å²) in [4.78, 5) is 69.9. The van der Waals surface area contributed by atoms with Gasteiger partial charge in [0.1, 0.15) is 34.2 Å². The van der Waals surface area contributed by atoms with Crippen LogP contribution in [0, 0.1) is 0 Å². The highest BCUT2D eigenvalue weighted by molar-refractivity contribution is 6.10. The summed E-state index contributed by atoms with van der Waals surface area (Å²) in [6.07, 6.45) is 0. The van der Waals surface area contributed by atoms with Crippen molar-refractivity contribution >= 4 is 45.8 Å². The summed E-state index contributed by atoms with van der Waals surface area (Å²) >= 11 is 0. The number of rotatable bonds is 6. The molecule has 0 bridgehead atoms. The van der Waals surface area contributed by atoms with Gasteiger partial charge in [0.15, 0.2) is 10.9 Å². The molecule has 276 valence electrons. The molecule has 4 aromatic rings. The Balaban J connectivity index is 0.000000172. The molecule has 2 heterocycles. The summed E-state index contributed by atoms with van der Waals surface area (Å²) < 4.78 is 11.5. The van der Waals surface area contributed by atoms with E-state index in [1.807, 2.05) is 0 Å². The molecule has 0 atom stereocenters. The van der Waals surface area contributed by atoms with Crippen LogP contribution in [0.5, 0.6) is 11.5 Å². The van der Waals surface area contributed by atoms with Crippen LogP contribution in [0.1, 0.15) is 41.4 Å². The largest absolute Gasteiger partial charge is 0.508 e. The minimum Gasteiger partial charge on any atom is -0.508 e. The topological polar surface area (TPSA) is 250 Å². The first-order valence-electron chi connectivity index (χ1n) is 16.3. The molecule has 6 N–H and O–H groups in total. The Kier molecular flexibility index (Phi) is 8.99. The fraction of sp³-hybridized carbons (Fsp3) is 0. The maximum absolute atomic E-state index is 11.8. The summed E-state index contributed by atoms with van der Waals surface area (Å²) in [6, 6.07) is 24.4. The molecule has 14 nitrogen and oxygen atoms in total. The number of phenols is 2. The fourth-order valence-corrected chi connectivity index (χ4v) is 6.44. The van der Waals surface area contributed by atoms with Crippen molar-refractivity contribution in [2.45, 2.75) is 0 Å². The lowest BCUT2D eigenvalue weighted by Gasteiger charge is -2.17. The van der Waals surface area contributed by atoms with Gasteiger partial charge in [0.25, 0.3) is 0 Å². The van der Waals surface area contributed by atoms with E-state index in [0.717, 1.165) is 6.07 Å². The molecule has 0 unspecified atom stereocenters. The van der Waals surface area contributed by atoms with Crippen LogP contribution in [-0.4, -0.2) is 54.5 Å².